The molecule has 0 atom stereocenters. The quantitative estimate of drug-likeness (QED) is 0.538. The number of aromatic nitrogens is 1. The van der Waals surface area contributed by atoms with E-state index < -0.39 is 0 Å². The van der Waals surface area contributed by atoms with Crippen molar-refractivity contribution in [3.8, 4) is 0 Å². The Hall–Kier alpha value is -0.500. The van der Waals surface area contributed by atoms with Crippen molar-refractivity contribution in [1.29, 1.82) is 0 Å². The van der Waals surface area contributed by atoms with E-state index in [1.165, 1.54) is 0 Å². The van der Waals surface area contributed by atoms with E-state index in [1.807, 2.05) is 0 Å². The van der Waals surface area contributed by atoms with Crippen molar-refractivity contribution < 1.29 is 4.52 Å². The summed E-state index contributed by atoms with van der Waals surface area (Å²) in [7, 11) is 0. The summed E-state index contributed by atoms with van der Waals surface area (Å²) in [6.07, 6.45) is 0. The molecular formula is C5H6ClNO. The molecule has 0 spiro atoms. The molecule has 0 saturated heterocycles. The third-order valence-corrected chi connectivity index (χ3v) is 1.49. The molecule has 0 aliphatic rings. The molecule has 1 rings (SSSR count). The summed E-state index contributed by atoms with van der Waals surface area (Å²) in [6.45, 7) is 3.58. The second-order valence-electron chi connectivity index (χ2n) is 1.64. The molecule has 0 radical (unpaired) electrons. The molecule has 3 heteroatoms. The molecule has 1 heterocycles. The van der Waals surface area contributed by atoms with Gasteiger partial charge in [-0.15, -0.1) is 0 Å². The molecule has 0 aliphatic heterocycles. The van der Waals surface area contributed by atoms with E-state index in [1.54, 1.807) is 13.8 Å². The molecule has 0 bridgehead atoms. The van der Waals surface area contributed by atoms with Gasteiger partial charge >= 0.3 is 0 Å². The van der Waals surface area contributed by atoms with Crippen molar-refractivity contribution in [2.45, 2.75) is 13.8 Å². The summed E-state index contributed by atoms with van der Waals surface area (Å²) >= 11 is 5.64. The van der Waals surface area contributed by atoms with Crippen LogP contribution in [0, 0.1) is 13.8 Å². The van der Waals surface area contributed by atoms with Crippen LogP contribution >= 0.6 is 11.6 Å². The normalized spacial score (nSPS) is 9.88. The van der Waals surface area contributed by atoms with Crippen LogP contribution in [0.4, 0.5) is 0 Å². The van der Waals surface area contributed by atoms with Crippen LogP contribution in [0.1, 0.15) is 11.5 Å². The van der Waals surface area contributed by atoms with Gasteiger partial charge in [-0.25, -0.2) is 0 Å². The largest absolute Gasteiger partial charge is 0.360 e. The Morgan fingerprint density at radius 1 is 1.50 bits per heavy atom. The van der Waals surface area contributed by atoms with Crippen LogP contribution in [0.5, 0.6) is 0 Å². The molecule has 0 aromatic carbocycles. The lowest BCUT2D eigenvalue weighted by molar-refractivity contribution is 0.393. The molecule has 0 unspecified atom stereocenters. The Labute approximate surface area is 52.4 Å². The highest BCUT2D eigenvalue weighted by Crippen LogP contribution is 2.17. The predicted molar refractivity (Wildman–Crippen MR) is 31.0 cm³/mol. The first kappa shape index (κ1) is 5.63. The first-order chi connectivity index (χ1) is 3.72. The summed E-state index contributed by atoms with van der Waals surface area (Å²) in [5, 5.41) is 4.24. The third kappa shape index (κ3) is 0.713. The highest BCUT2D eigenvalue weighted by atomic mass is 35.5. The molecule has 1 aromatic rings. The first-order valence-corrected chi connectivity index (χ1v) is 2.68. The lowest BCUT2D eigenvalue weighted by Crippen LogP contribution is -1.66. The smallest absolute Gasteiger partial charge is 0.152 e. The minimum absolute atomic E-state index is 0.630. The minimum atomic E-state index is 0.630. The van der Waals surface area contributed by atoms with Crippen molar-refractivity contribution in [2.24, 2.45) is 0 Å². The van der Waals surface area contributed by atoms with Crippen molar-refractivity contribution in [1.82, 2.24) is 5.16 Å². The van der Waals surface area contributed by atoms with Crippen LogP contribution in [0.2, 0.25) is 5.02 Å². The van der Waals surface area contributed by atoms with E-state index in [4.69, 9.17) is 16.1 Å². The Morgan fingerprint density at radius 2 is 2.12 bits per heavy atom. The molecule has 0 fully saturated rings. The van der Waals surface area contributed by atoms with E-state index in [0.29, 0.717) is 10.8 Å². The lowest BCUT2D eigenvalue weighted by Gasteiger charge is -1.77. The molecular weight excluding hydrogens is 126 g/mol. The zero-order chi connectivity index (χ0) is 6.15. The van der Waals surface area contributed by atoms with Crippen molar-refractivity contribution >= 4 is 11.6 Å². The van der Waals surface area contributed by atoms with Crippen LogP contribution in [0.25, 0.3) is 0 Å². The SMILES string of the molecule is Cc1noc(C)c1Cl. The van der Waals surface area contributed by atoms with E-state index in [9.17, 15) is 0 Å². The zero-order valence-corrected chi connectivity index (χ0v) is 5.49. The second kappa shape index (κ2) is 1.78. The van der Waals surface area contributed by atoms with Crippen LogP contribution in [0.15, 0.2) is 4.52 Å². The standard InChI is InChI=1S/C5H6ClNO/c1-3-5(6)4(2)8-7-3/h1-2H3. The fourth-order valence-corrected chi connectivity index (χ4v) is 0.541. The summed E-state index contributed by atoms with van der Waals surface area (Å²) in [6, 6.07) is 0. The Balaban J connectivity index is 3.19. The fraction of sp³-hybridized carbons (Fsp3) is 0.400. The molecule has 1 aromatic heterocycles. The van der Waals surface area contributed by atoms with E-state index in [2.05, 4.69) is 5.16 Å². The lowest BCUT2D eigenvalue weighted by atomic mass is 10.4. The topological polar surface area (TPSA) is 26.0 Å². The van der Waals surface area contributed by atoms with Gasteiger partial charge in [0.25, 0.3) is 0 Å². The average Bonchev–Trinajstić information content (AvgIpc) is 1.98. The Morgan fingerprint density at radius 3 is 2.25 bits per heavy atom. The zero-order valence-electron chi connectivity index (χ0n) is 4.73. The van der Waals surface area contributed by atoms with Crippen LogP contribution < -0.4 is 0 Å². The number of rotatable bonds is 0. The van der Waals surface area contributed by atoms with Crippen molar-refractivity contribution in [2.75, 3.05) is 0 Å². The summed E-state index contributed by atoms with van der Waals surface area (Å²) in [5.74, 6) is 0.684. The van der Waals surface area contributed by atoms with E-state index >= 15 is 0 Å². The van der Waals surface area contributed by atoms with Gasteiger partial charge in [-0.05, 0) is 13.8 Å². The van der Waals surface area contributed by atoms with Gasteiger partial charge in [0.2, 0.25) is 0 Å². The van der Waals surface area contributed by atoms with Gasteiger partial charge in [-0.1, -0.05) is 16.8 Å². The number of halogens is 1. The maximum Gasteiger partial charge on any atom is 0.152 e. The van der Waals surface area contributed by atoms with Gasteiger partial charge in [0, 0.05) is 0 Å². The maximum absolute atomic E-state index is 5.64. The highest BCUT2D eigenvalue weighted by molar-refractivity contribution is 6.31. The van der Waals surface area contributed by atoms with Gasteiger partial charge in [0.05, 0.1) is 5.69 Å². The first-order valence-electron chi connectivity index (χ1n) is 2.30. The predicted octanol–water partition coefficient (Wildman–Crippen LogP) is 1.94. The molecule has 8 heavy (non-hydrogen) atoms. The van der Waals surface area contributed by atoms with Gasteiger partial charge in [0.15, 0.2) is 5.76 Å². The summed E-state index contributed by atoms with van der Waals surface area (Å²) in [4.78, 5) is 0. The van der Waals surface area contributed by atoms with Crippen LogP contribution in [0.3, 0.4) is 0 Å². The van der Waals surface area contributed by atoms with Gasteiger partial charge in [-0.3, -0.25) is 0 Å². The molecule has 0 amide bonds. The maximum atomic E-state index is 5.64. The number of nitrogens with zero attached hydrogens (tertiary/aromatic N) is 1. The second-order valence-corrected chi connectivity index (χ2v) is 2.02. The molecule has 0 N–H and O–H groups in total. The molecule has 0 saturated carbocycles. The van der Waals surface area contributed by atoms with Crippen molar-refractivity contribution in [3.05, 3.63) is 16.5 Å². The Bertz CT molecular complexity index is 175. The monoisotopic (exact) mass is 131 g/mol. The Kier molecular flexibility index (Phi) is 1.26. The number of hydrogen-bond donors (Lipinski definition) is 0. The van der Waals surface area contributed by atoms with Gasteiger partial charge in [0.1, 0.15) is 5.02 Å². The van der Waals surface area contributed by atoms with Gasteiger partial charge in [-0.2, -0.15) is 0 Å². The van der Waals surface area contributed by atoms with Crippen molar-refractivity contribution in [3.63, 3.8) is 0 Å². The summed E-state index contributed by atoms with van der Waals surface area (Å²) < 4.78 is 4.71. The third-order valence-electron chi connectivity index (χ3n) is 0.946. The molecule has 2 nitrogen and oxygen atoms in total. The van der Waals surface area contributed by atoms with Crippen LogP contribution in [-0.4, -0.2) is 5.16 Å². The number of hydrogen-bond acceptors (Lipinski definition) is 2. The highest BCUT2D eigenvalue weighted by Gasteiger charge is 2.02. The average molecular weight is 132 g/mol. The van der Waals surface area contributed by atoms with E-state index in [0.717, 1.165) is 5.69 Å². The molecule has 0 aliphatic carbocycles. The number of aryl methyl sites for hydroxylation is 2. The van der Waals surface area contributed by atoms with Crippen LogP contribution in [-0.2, 0) is 0 Å². The fourth-order valence-electron chi connectivity index (χ4n) is 0.472. The molecule has 44 valence electrons. The summed E-state index contributed by atoms with van der Waals surface area (Å²) in [5.41, 5.74) is 0.754. The van der Waals surface area contributed by atoms with E-state index in [-0.39, 0.29) is 0 Å². The van der Waals surface area contributed by atoms with Gasteiger partial charge < -0.3 is 4.52 Å². The minimum Gasteiger partial charge on any atom is -0.360 e.